The number of urea groups is 1. The molecule has 2 amide bonds. The van der Waals surface area contributed by atoms with E-state index in [0.717, 1.165) is 38.4 Å². The van der Waals surface area contributed by atoms with Gasteiger partial charge in [-0.1, -0.05) is 0 Å². The zero-order chi connectivity index (χ0) is 23.9. The Hall–Kier alpha value is -1.98. The number of rotatable bonds is 6. The van der Waals surface area contributed by atoms with Crippen molar-refractivity contribution in [3.05, 3.63) is 12.2 Å². The van der Waals surface area contributed by atoms with E-state index in [2.05, 4.69) is 10.1 Å². The molecular weight excluding hydrogens is 473 g/mol. The van der Waals surface area contributed by atoms with Gasteiger partial charge in [0.1, 0.15) is 12.4 Å². The summed E-state index contributed by atoms with van der Waals surface area (Å²) >= 11 is 0. The molecular formula is C23H32F5N5O2. The van der Waals surface area contributed by atoms with E-state index in [9.17, 15) is 22.4 Å². The summed E-state index contributed by atoms with van der Waals surface area (Å²) in [7, 11) is 0. The molecule has 3 heterocycles. The maximum Gasteiger partial charge on any atom is 0.320 e. The van der Waals surface area contributed by atoms with Crippen LogP contribution in [-0.2, 0) is 4.74 Å². The predicted octanol–water partition coefficient (Wildman–Crippen LogP) is 4.23. The summed E-state index contributed by atoms with van der Waals surface area (Å²) in [5, 5.41) is 4.60. The van der Waals surface area contributed by atoms with Gasteiger partial charge < -0.3 is 14.5 Å². The lowest BCUT2D eigenvalue weighted by molar-refractivity contribution is -0.189. The molecule has 6 rings (SSSR count). The Morgan fingerprint density at radius 1 is 1.14 bits per heavy atom. The van der Waals surface area contributed by atoms with Gasteiger partial charge in [-0.15, -0.1) is 0 Å². The van der Waals surface area contributed by atoms with Gasteiger partial charge in [0.25, 0.3) is 11.8 Å². The first-order valence-electron chi connectivity index (χ1n) is 12.3. The van der Waals surface area contributed by atoms with E-state index in [1.165, 1.54) is 4.90 Å². The van der Waals surface area contributed by atoms with Gasteiger partial charge in [0.15, 0.2) is 5.82 Å². The van der Waals surface area contributed by atoms with Crippen molar-refractivity contribution in [1.29, 1.82) is 0 Å². The summed E-state index contributed by atoms with van der Waals surface area (Å²) in [5.74, 6) is -4.76. The van der Waals surface area contributed by atoms with Crippen LogP contribution in [0.4, 0.5) is 27.1 Å². The molecule has 2 saturated heterocycles. The normalized spacial score (nSPS) is 28.8. The molecule has 0 N–H and O–H groups in total. The van der Waals surface area contributed by atoms with Crippen LogP contribution in [-0.4, -0.2) is 81.3 Å². The fraction of sp³-hybridized carbons (Fsp3) is 0.870. The fourth-order valence-electron chi connectivity index (χ4n) is 5.89. The molecule has 0 radical (unpaired) electrons. The summed E-state index contributed by atoms with van der Waals surface area (Å²) in [6.07, 6.45) is 5.04. The van der Waals surface area contributed by atoms with Crippen molar-refractivity contribution in [3.63, 3.8) is 0 Å². The molecule has 0 bridgehead atoms. The highest BCUT2D eigenvalue weighted by Gasteiger charge is 2.61. The maximum atomic E-state index is 14.7. The number of amides is 2. The third-order valence-corrected chi connectivity index (χ3v) is 8.65. The van der Waals surface area contributed by atoms with Crippen molar-refractivity contribution in [2.24, 2.45) is 10.8 Å². The molecule has 5 fully saturated rings. The monoisotopic (exact) mass is 505 g/mol. The number of halogens is 5. The first kappa shape index (κ1) is 24.7. The second kappa shape index (κ2) is 8.01. The van der Waals surface area contributed by atoms with Crippen LogP contribution >= 0.6 is 0 Å². The van der Waals surface area contributed by atoms with Gasteiger partial charge in [0, 0.05) is 31.0 Å². The summed E-state index contributed by atoms with van der Waals surface area (Å²) < 4.78 is 64.2. The largest absolute Gasteiger partial charge is 0.371 e. The van der Waals surface area contributed by atoms with E-state index >= 15 is 0 Å². The van der Waals surface area contributed by atoms with Crippen LogP contribution in [0.5, 0.6) is 0 Å². The molecule has 12 heteroatoms. The quantitative estimate of drug-likeness (QED) is 0.543. The van der Waals surface area contributed by atoms with Crippen LogP contribution < -0.4 is 0 Å². The number of nitrogens with zero attached hydrogens (tertiary/aromatic N) is 5. The lowest BCUT2D eigenvalue weighted by Crippen LogP contribution is -2.67. The van der Waals surface area contributed by atoms with E-state index in [4.69, 9.17) is 4.74 Å². The number of alkyl halides is 4. The Balaban J connectivity index is 0.00000253. The van der Waals surface area contributed by atoms with Crippen molar-refractivity contribution >= 4 is 6.03 Å². The van der Waals surface area contributed by atoms with Crippen molar-refractivity contribution in [3.8, 4) is 0 Å². The molecule has 1 atom stereocenters. The Labute approximate surface area is 200 Å². The van der Waals surface area contributed by atoms with E-state index < -0.39 is 29.9 Å². The minimum atomic E-state index is -3.26. The lowest BCUT2D eigenvalue weighted by Gasteiger charge is -2.59. The number of hydrogen-bond acceptors (Lipinski definition) is 4. The summed E-state index contributed by atoms with van der Waals surface area (Å²) in [6.45, 7) is 1.01. The number of carbonyl (C=O) groups is 1. The average molecular weight is 506 g/mol. The number of carbonyl (C=O) groups excluding carboxylic acids is 1. The minimum absolute atomic E-state index is 0. The molecule has 2 aliphatic heterocycles. The van der Waals surface area contributed by atoms with Crippen LogP contribution in [0.2, 0.25) is 0 Å². The van der Waals surface area contributed by atoms with Gasteiger partial charge in [0.2, 0.25) is 0 Å². The third-order valence-electron chi connectivity index (χ3n) is 8.65. The number of likely N-dealkylation sites (tertiary alicyclic amines) is 2. The first-order chi connectivity index (χ1) is 16.0. The standard InChI is InChI=1S/C23H31F4N5O2.FH/c1-20(24,25)22(5-6-22)13-34-17-4-7-30(12-23(17,26)27)19(33)31-10-21(11-31)8-16(9-21)32-14-28-18(29-32)15-2-3-15;/h14-17H,2-13H2,1H3;1H. The second-order valence-electron chi connectivity index (χ2n) is 11.5. The molecule has 7 nitrogen and oxygen atoms in total. The molecule has 1 aromatic rings. The van der Waals surface area contributed by atoms with Gasteiger partial charge in [-0.05, 0) is 51.9 Å². The van der Waals surface area contributed by atoms with Crippen LogP contribution in [0.25, 0.3) is 0 Å². The molecule has 5 aliphatic rings. The van der Waals surface area contributed by atoms with Gasteiger partial charge in [-0.3, -0.25) is 4.70 Å². The van der Waals surface area contributed by atoms with Crippen LogP contribution in [0, 0.1) is 10.8 Å². The van der Waals surface area contributed by atoms with E-state index in [-0.39, 0.29) is 48.6 Å². The van der Waals surface area contributed by atoms with Crippen molar-refractivity contribution in [2.45, 2.75) is 81.8 Å². The minimum Gasteiger partial charge on any atom is -0.371 e. The van der Waals surface area contributed by atoms with Crippen LogP contribution in [0.15, 0.2) is 6.33 Å². The summed E-state index contributed by atoms with van der Waals surface area (Å²) in [6, 6.07) is -0.0810. The average Bonchev–Trinajstić information content (AvgIpc) is 3.62. The highest BCUT2D eigenvalue weighted by Crippen LogP contribution is 2.57. The molecule has 1 unspecified atom stereocenters. The molecule has 0 aromatic carbocycles. The van der Waals surface area contributed by atoms with Gasteiger partial charge in [-0.2, -0.15) is 5.10 Å². The topological polar surface area (TPSA) is 63.5 Å². The maximum absolute atomic E-state index is 14.7. The van der Waals surface area contributed by atoms with Crippen molar-refractivity contribution < 1.29 is 31.8 Å². The Morgan fingerprint density at radius 3 is 2.40 bits per heavy atom. The Bertz CT molecular complexity index is 960. The van der Waals surface area contributed by atoms with Crippen LogP contribution in [0.1, 0.15) is 69.7 Å². The Kier molecular flexibility index (Phi) is 5.65. The fourth-order valence-corrected chi connectivity index (χ4v) is 5.89. The molecule has 35 heavy (non-hydrogen) atoms. The van der Waals surface area contributed by atoms with Gasteiger partial charge in [-0.25, -0.2) is 32.0 Å². The predicted molar refractivity (Wildman–Crippen MR) is 115 cm³/mol. The first-order valence-corrected chi connectivity index (χ1v) is 12.3. The van der Waals surface area contributed by atoms with Crippen LogP contribution in [0.3, 0.4) is 0 Å². The third kappa shape index (κ3) is 4.29. The number of aromatic nitrogens is 3. The Morgan fingerprint density at radius 2 is 1.83 bits per heavy atom. The molecule has 1 spiro atoms. The SMILES string of the molecule is CC(F)(F)C1(COC2CCN(C(=O)N3CC4(CC(n5cnc(C6CC6)n5)C4)C3)CC2(F)F)CC1.F. The molecule has 196 valence electrons. The van der Waals surface area contributed by atoms with E-state index in [0.29, 0.717) is 25.0 Å². The molecule has 3 saturated carbocycles. The summed E-state index contributed by atoms with van der Waals surface area (Å²) in [4.78, 5) is 20.1. The molecule has 1 aromatic heterocycles. The highest BCUT2D eigenvalue weighted by molar-refractivity contribution is 5.76. The smallest absolute Gasteiger partial charge is 0.320 e. The van der Waals surface area contributed by atoms with Crippen molar-refractivity contribution in [2.75, 3.05) is 32.8 Å². The van der Waals surface area contributed by atoms with E-state index in [1.54, 1.807) is 11.2 Å². The number of hydrogen-bond donors (Lipinski definition) is 0. The number of ether oxygens (including phenoxy) is 1. The van der Waals surface area contributed by atoms with E-state index in [1.807, 2.05) is 4.68 Å². The summed E-state index contributed by atoms with van der Waals surface area (Å²) in [5.41, 5.74) is -1.26. The number of piperidine rings is 1. The van der Waals surface area contributed by atoms with Gasteiger partial charge >= 0.3 is 6.03 Å². The highest BCUT2D eigenvalue weighted by atomic mass is 19.3. The molecule has 3 aliphatic carbocycles. The van der Waals surface area contributed by atoms with Gasteiger partial charge in [0.05, 0.1) is 24.6 Å². The zero-order valence-corrected chi connectivity index (χ0v) is 19.8. The van der Waals surface area contributed by atoms with Crippen molar-refractivity contribution in [1.82, 2.24) is 24.6 Å². The zero-order valence-electron chi connectivity index (χ0n) is 19.8. The lowest BCUT2D eigenvalue weighted by atomic mass is 9.61. The second-order valence-corrected chi connectivity index (χ2v) is 11.5.